The minimum Gasteiger partial charge on any atom is -0.378 e. The molecule has 28 heavy (non-hydrogen) atoms. The lowest BCUT2D eigenvalue weighted by molar-refractivity contribution is -0.140. The highest BCUT2D eigenvalue weighted by atomic mass is 16.5. The monoisotopic (exact) mass is 380 g/mol. The van der Waals surface area contributed by atoms with E-state index < -0.39 is 6.04 Å². The van der Waals surface area contributed by atoms with Gasteiger partial charge in [-0.25, -0.2) is 0 Å². The van der Waals surface area contributed by atoms with Crippen LogP contribution in [0, 0.1) is 0 Å². The number of ether oxygens (including phenoxy) is 1. The van der Waals surface area contributed by atoms with E-state index in [9.17, 15) is 9.59 Å². The summed E-state index contributed by atoms with van der Waals surface area (Å²) >= 11 is 0. The molecule has 0 radical (unpaired) electrons. The van der Waals surface area contributed by atoms with Crippen LogP contribution in [-0.2, 0) is 20.7 Å². The number of unbranched alkanes of at least 4 members (excludes halogenated alkanes) is 1. The summed E-state index contributed by atoms with van der Waals surface area (Å²) in [5.41, 5.74) is 2.10. The fourth-order valence-corrected chi connectivity index (χ4v) is 3.39. The number of amides is 2. The van der Waals surface area contributed by atoms with Crippen LogP contribution in [0.4, 0.5) is 0 Å². The fourth-order valence-electron chi connectivity index (χ4n) is 3.39. The van der Waals surface area contributed by atoms with Crippen molar-refractivity contribution < 1.29 is 14.3 Å². The molecule has 1 N–H and O–H groups in total. The van der Waals surface area contributed by atoms with Crippen LogP contribution in [0.5, 0.6) is 0 Å². The van der Waals surface area contributed by atoms with Crippen molar-refractivity contribution >= 4 is 11.8 Å². The molecule has 2 aromatic carbocycles. The molecule has 3 rings (SSSR count). The molecule has 1 aliphatic rings. The van der Waals surface area contributed by atoms with Crippen LogP contribution < -0.4 is 5.32 Å². The highest BCUT2D eigenvalue weighted by Gasteiger charge is 2.28. The number of rotatable bonds is 8. The van der Waals surface area contributed by atoms with E-state index in [0.29, 0.717) is 32.7 Å². The summed E-state index contributed by atoms with van der Waals surface area (Å²) in [5, 5.41) is 2.96. The maximum Gasteiger partial charge on any atom is 0.249 e. The smallest absolute Gasteiger partial charge is 0.249 e. The molecule has 0 saturated carbocycles. The summed E-state index contributed by atoms with van der Waals surface area (Å²) in [4.78, 5) is 27.3. The molecule has 2 amide bonds. The van der Waals surface area contributed by atoms with Crippen molar-refractivity contribution in [2.24, 2.45) is 0 Å². The molecule has 2 aromatic rings. The number of aryl methyl sites for hydroxylation is 1. The van der Waals surface area contributed by atoms with Crippen molar-refractivity contribution in [2.75, 3.05) is 26.3 Å². The average molecular weight is 380 g/mol. The van der Waals surface area contributed by atoms with Gasteiger partial charge in [-0.3, -0.25) is 9.59 Å². The van der Waals surface area contributed by atoms with Gasteiger partial charge in [0, 0.05) is 19.5 Å². The minimum absolute atomic E-state index is 0.0628. The van der Waals surface area contributed by atoms with Crippen molar-refractivity contribution in [3.05, 3.63) is 71.8 Å². The van der Waals surface area contributed by atoms with Gasteiger partial charge in [0.2, 0.25) is 11.8 Å². The first-order chi connectivity index (χ1) is 13.7. The van der Waals surface area contributed by atoms with Crippen molar-refractivity contribution in [3.63, 3.8) is 0 Å². The summed E-state index contributed by atoms with van der Waals surface area (Å²) in [5.74, 6) is -0.143. The van der Waals surface area contributed by atoms with E-state index in [1.165, 1.54) is 5.56 Å². The van der Waals surface area contributed by atoms with Crippen LogP contribution in [0.25, 0.3) is 0 Å². The van der Waals surface area contributed by atoms with Gasteiger partial charge in [0.1, 0.15) is 6.04 Å². The van der Waals surface area contributed by atoms with E-state index in [1.54, 1.807) is 4.90 Å². The third-order valence-corrected chi connectivity index (χ3v) is 4.97. The number of hydrogen-bond donors (Lipinski definition) is 1. The Balaban J connectivity index is 1.54. The first-order valence-corrected chi connectivity index (χ1v) is 9.99. The molecule has 0 unspecified atom stereocenters. The zero-order valence-corrected chi connectivity index (χ0v) is 16.2. The Hall–Kier alpha value is -2.66. The van der Waals surface area contributed by atoms with Gasteiger partial charge in [0.15, 0.2) is 0 Å². The SMILES string of the molecule is O=C(CCCCc1ccccc1)N[C@H](C(=O)N1CCOCC1)c1ccccc1. The van der Waals surface area contributed by atoms with Gasteiger partial charge < -0.3 is 15.0 Å². The third-order valence-electron chi connectivity index (χ3n) is 4.97. The molecule has 0 bridgehead atoms. The molecule has 0 aliphatic carbocycles. The summed E-state index contributed by atoms with van der Waals surface area (Å²) in [6.45, 7) is 2.21. The van der Waals surface area contributed by atoms with E-state index in [4.69, 9.17) is 4.74 Å². The quantitative estimate of drug-likeness (QED) is 0.716. The maximum atomic E-state index is 13.0. The average Bonchev–Trinajstić information content (AvgIpc) is 2.76. The van der Waals surface area contributed by atoms with Gasteiger partial charge in [-0.15, -0.1) is 0 Å². The van der Waals surface area contributed by atoms with Crippen molar-refractivity contribution in [1.29, 1.82) is 0 Å². The molecule has 1 heterocycles. The van der Waals surface area contributed by atoms with Gasteiger partial charge in [-0.05, 0) is 30.4 Å². The van der Waals surface area contributed by atoms with Gasteiger partial charge in [0.05, 0.1) is 13.2 Å². The van der Waals surface area contributed by atoms with E-state index in [-0.39, 0.29) is 11.8 Å². The van der Waals surface area contributed by atoms with Crippen molar-refractivity contribution in [3.8, 4) is 0 Å². The standard InChI is InChI=1S/C23H28N2O3/c26-21(14-8-7-11-19-9-3-1-4-10-19)24-22(20-12-5-2-6-13-20)23(27)25-15-17-28-18-16-25/h1-6,9-10,12-13,22H,7-8,11,14-18H2,(H,24,26)/t22-/m0/s1. The lowest BCUT2D eigenvalue weighted by atomic mass is 10.0. The van der Waals surface area contributed by atoms with Crippen LogP contribution in [0.15, 0.2) is 60.7 Å². The molecule has 1 atom stereocenters. The Morgan fingerprint density at radius 3 is 2.25 bits per heavy atom. The molecule has 1 aliphatic heterocycles. The van der Waals surface area contributed by atoms with Crippen LogP contribution in [0.1, 0.15) is 36.4 Å². The first kappa shape index (κ1) is 20.1. The third kappa shape index (κ3) is 5.92. The summed E-state index contributed by atoms with van der Waals surface area (Å²) < 4.78 is 5.34. The second kappa shape index (κ2) is 10.6. The number of nitrogens with zero attached hydrogens (tertiary/aromatic N) is 1. The molecule has 0 spiro atoms. The zero-order valence-electron chi connectivity index (χ0n) is 16.2. The normalized spacial score (nSPS) is 15.1. The molecule has 1 fully saturated rings. The number of carbonyl (C=O) groups excluding carboxylic acids is 2. The summed E-state index contributed by atoms with van der Waals surface area (Å²) in [6, 6.07) is 19.1. The molecule has 0 aromatic heterocycles. The highest BCUT2D eigenvalue weighted by molar-refractivity contribution is 5.88. The Labute approximate surface area is 166 Å². The predicted molar refractivity (Wildman–Crippen MR) is 109 cm³/mol. The van der Waals surface area contributed by atoms with E-state index in [0.717, 1.165) is 24.8 Å². The van der Waals surface area contributed by atoms with Crippen LogP contribution in [0.3, 0.4) is 0 Å². The number of carbonyl (C=O) groups is 2. The van der Waals surface area contributed by atoms with Gasteiger partial charge in [-0.2, -0.15) is 0 Å². The summed E-state index contributed by atoms with van der Waals surface area (Å²) in [6.07, 6.45) is 3.13. The van der Waals surface area contributed by atoms with Crippen molar-refractivity contribution in [2.45, 2.75) is 31.7 Å². The van der Waals surface area contributed by atoms with Crippen molar-refractivity contribution in [1.82, 2.24) is 10.2 Å². The van der Waals surface area contributed by atoms with Gasteiger partial charge >= 0.3 is 0 Å². The van der Waals surface area contributed by atoms with Crippen LogP contribution in [0.2, 0.25) is 0 Å². The number of hydrogen-bond acceptors (Lipinski definition) is 3. The lowest BCUT2D eigenvalue weighted by Gasteiger charge is -2.31. The molecule has 5 nitrogen and oxygen atoms in total. The van der Waals surface area contributed by atoms with Crippen LogP contribution >= 0.6 is 0 Å². The zero-order chi connectivity index (χ0) is 19.6. The predicted octanol–water partition coefficient (Wildman–Crippen LogP) is 3.12. The lowest BCUT2D eigenvalue weighted by Crippen LogP contribution is -2.47. The Morgan fingerprint density at radius 2 is 1.57 bits per heavy atom. The van der Waals surface area contributed by atoms with Crippen LogP contribution in [-0.4, -0.2) is 43.0 Å². The molecule has 1 saturated heterocycles. The Morgan fingerprint density at radius 1 is 0.929 bits per heavy atom. The Bertz CT molecular complexity index is 743. The largest absolute Gasteiger partial charge is 0.378 e. The number of morpholine rings is 1. The van der Waals surface area contributed by atoms with E-state index in [1.807, 2.05) is 48.5 Å². The second-order valence-electron chi connectivity index (χ2n) is 7.04. The van der Waals surface area contributed by atoms with Gasteiger partial charge in [-0.1, -0.05) is 60.7 Å². The summed E-state index contributed by atoms with van der Waals surface area (Å²) in [7, 11) is 0. The number of benzene rings is 2. The fraction of sp³-hybridized carbons (Fsp3) is 0.391. The maximum absolute atomic E-state index is 13.0. The minimum atomic E-state index is -0.638. The number of nitrogens with one attached hydrogen (secondary N) is 1. The highest BCUT2D eigenvalue weighted by Crippen LogP contribution is 2.17. The molecular weight excluding hydrogens is 352 g/mol. The van der Waals surface area contributed by atoms with E-state index in [2.05, 4.69) is 17.4 Å². The van der Waals surface area contributed by atoms with E-state index >= 15 is 0 Å². The topological polar surface area (TPSA) is 58.6 Å². The molecule has 5 heteroatoms. The second-order valence-corrected chi connectivity index (χ2v) is 7.04. The Kier molecular flexibility index (Phi) is 7.62. The van der Waals surface area contributed by atoms with Gasteiger partial charge in [0.25, 0.3) is 0 Å². The molecule has 148 valence electrons. The molecular formula is C23H28N2O3. The first-order valence-electron chi connectivity index (χ1n) is 9.99.